The summed E-state index contributed by atoms with van der Waals surface area (Å²) in [6.45, 7) is 5.14. The number of nitrogens with two attached hydrogens (primary N) is 1. The van der Waals surface area contributed by atoms with E-state index in [-0.39, 0.29) is 17.7 Å². The van der Waals surface area contributed by atoms with Gasteiger partial charge in [0, 0.05) is 30.7 Å². The minimum Gasteiger partial charge on any atom is -0.350 e. The Kier molecular flexibility index (Phi) is 6.12. The number of nitrogens with one attached hydrogen (secondary N) is 1. The van der Waals surface area contributed by atoms with E-state index in [1.54, 1.807) is 23.1 Å². The number of carbonyl (C=O) groups excluding carboxylic acids is 2. The highest BCUT2D eigenvalue weighted by Gasteiger charge is 2.31. The minimum atomic E-state index is -0.451. The first-order chi connectivity index (χ1) is 11.2. The summed E-state index contributed by atoms with van der Waals surface area (Å²) < 4.78 is 0. The van der Waals surface area contributed by atoms with Crippen molar-refractivity contribution in [1.29, 1.82) is 0 Å². The molecule has 0 saturated carbocycles. The van der Waals surface area contributed by atoms with Crippen molar-refractivity contribution in [3.05, 3.63) is 33.8 Å². The normalized spacial score (nSPS) is 18.4. The Morgan fingerprint density at radius 1 is 1.33 bits per heavy atom. The average molecular weight is 372 g/mol. The standard InChI is InChI=1S/C17H23Cl2N3O2/c1-17(2,10-20)21-15(23)12-4-3-7-22(9-12)16(24)11-5-6-13(18)14(19)8-11/h5-6,8,12H,3-4,7,9-10,20H2,1-2H3,(H,21,23). The van der Waals surface area contributed by atoms with Crippen LogP contribution in [0.2, 0.25) is 10.0 Å². The van der Waals surface area contributed by atoms with Crippen molar-refractivity contribution in [3.8, 4) is 0 Å². The van der Waals surface area contributed by atoms with Gasteiger partial charge in [-0.2, -0.15) is 0 Å². The summed E-state index contributed by atoms with van der Waals surface area (Å²) in [5, 5.41) is 3.71. The molecule has 1 atom stereocenters. The fourth-order valence-corrected chi connectivity index (χ4v) is 2.97. The van der Waals surface area contributed by atoms with E-state index >= 15 is 0 Å². The van der Waals surface area contributed by atoms with Crippen LogP contribution in [0.4, 0.5) is 0 Å². The molecule has 1 heterocycles. The molecule has 1 saturated heterocycles. The van der Waals surface area contributed by atoms with Gasteiger partial charge in [0.2, 0.25) is 5.91 Å². The Labute approximate surface area is 152 Å². The Bertz CT molecular complexity index is 634. The highest BCUT2D eigenvalue weighted by Crippen LogP contribution is 2.25. The van der Waals surface area contributed by atoms with Crippen LogP contribution in [0.1, 0.15) is 37.0 Å². The van der Waals surface area contributed by atoms with Crippen LogP contribution in [0.5, 0.6) is 0 Å². The number of benzene rings is 1. The zero-order valence-electron chi connectivity index (χ0n) is 13.9. The van der Waals surface area contributed by atoms with Gasteiger partial charge in [-0.3, -0.25) is 9.59 Å². The lowest BCUT2D eigenvalue weighted by Crippen LogP contribution is -2.53. The Hall–Kier alpha value is -1.30. The number of rotatable bonds is 4. The molecule has 132 valence electrons. The third-order valence-electron chi connectivity index (χ3n) is 4.22. The zero-order valence-corrected chi connectivity index (χ0v) is 15.5. The molecule has 1 unspecified atom stereocenters. The van der Waals surface area contributed by atoms with Crippen LogP contribution in [0, 0.1) is 5.92 Å². The smallest absolute Gasteiger partial charge is 0.253 e. The molecule has 2 rings (SSSR count). The second kappa shape index (κ2) is 7.72. The third-order valence-corrected chi connectivity index (χ3v) is 4.96. The maximum Gasteiger partial charge on any atom is 0.253 e. The minimum absolute atomic E-state index is 0.0583. The number of likely N-dealkylation sites (tertiary alicyclic amines) is 1. The number of amides is 2. The zero-order chi connectivity index (χ0) is 17.9. The predicted octanol–water partition coefficient (Wildman–Crippen LogP) is 2.70. The molecule has 0 aliphatic carbocycles. The molecule has 24 heavy (non-hydrogen) atoms. The molecule has 1 aromatic rings. The Morgan fingerprint density at radius 2 is 2.04 bits per heavy atom. The molecule has 0 bridgehead atoms. The van der Waals surface area contributed by atoms with E-state index in [2.05, 4.69) is 5.32 Å². The van der Waals surface area contributed by atoms with Gasteiger partial charge in [-0.25, -0.2) is 0 Å². The molecule has 0 aromatic heterocycles. The molecule has 1 aliphatic rings. The van der Waals surface area contributed by atoms with Gasteiger partial charge in [-0.1, -0.05) is 23.2 Å². The van der Waals surface area contributed by atoms with Crippen molar-refractivity contribution in [2.75, 3.05) is 19.6 Å². The van der Waals surface area contributed by atoms with E-state index in [1.165, 1.54) is 0 Å². The average Bonchev–Trinajstić information content (AvgIpc) is 2.56. The van der Waals surface area contributed by atoms with Crippen molar-refractivity contribution in [2.45, 2.75) is 32.2 Å². The maximum absolute atomic E-state index is 12.6. The van der Waals surface area contributed by atoms with Crippen molar-refractivity contribution in [1.82, 2.24) is 10.2 Å². The van der Waals surface area contributed by atoms with E-state index in [1.807, 2.05) is 13.8 Å². The van der Waals surface area contributed by atoms with Gasteiger partial charge < -0.3 is 16.0 Å². The molecule has 1 aromatic carbocycles. The van der Waals surface area contributed by atoms with Gasteiger partial charge in [0.15, 0.2) is 0 Å². The van der Waals surface area contributed by atoms with Crippen molar-refractivity contribution in [3.63, 3.8) is 0 Å². The number of nitrogens with zero attached hydrogens (tertiary/aromatic N) is 1. The van der Waals surface area contributed by atoms with Crippen molar-refractivity contribution < 1.29 is 9.59 Å². The topological polar surface area (TPSA) is 75.4 Å². The van der Waals surface area contributed by atoms with Gasteiger partial charge in [0.05, 0.1) is 16.0 Å². The number of hydrogen-bond donors (Lipinski definition) is 2. The summed E-state index contributed by atoms with van der Waals surface area (Å²) in [7, 11) is 0. The van der Waals surface area contributed by atoms with Crippen LogP contribution in [0.25, 0.3) is 0 Å². The van der Waals surface area contributed by atoms with E-state index in [4.69, 9.17) is 28.9 Å². The van der Waals surface area contributed by atoms with E-state index < -0.39 is 5.54 Å². The van der Waals surface area contributed by atoms with Crippen LogP contribution in [0.15, 0.2) is 18.2 Å². The summed E-state index contributed by atoms with van der Waals surface area (Å²) in [5.74, 6) is -0.419. The molecule has 2 amide bonds. The van der Waals surface area contributed by atoms with Crippen LogP contribution in [-0.2, 0) is 4.79 Å². The number of carbonyl (C=O) groups is 2. The number of piperidine rings is 1. The molecule has 0 spiro atoms. The van der Waals surface area contributed by atoms with Gasteiger partial charge in [-0.15, -0.1) is 0 Å². The van der Waals surface area contributed by atoms with E-state index in [0.29, 0.717) is 35.2 Å². The quantitative estimate of drug-likeness (QED) is 0.853. The Balaban J connectivity index is 2.05. The molecule has 1 fully saturated rings. The summed E-state index contributed by atoms with van der Waals surface area (Å²) in [4.78, 5) is 26.8. The van der Waals surface area contributed by atoms with Gasteiger partial charge in [0.25, 0.3) is 5.91 Å². The molecular formula is C17H23Cl2N3O2. The summed E-state index contributed by atoms with van der Waals surface area (Å²) >= 11 is 11.9. The summed E-state index contributed by atoms with van der Waals surface area (Å²) in [6.07, 6.45) is 1.55. The molecular weight excluding hydrogens is 349 g/mol. The number of halogens is 2. The first kappa shape index (κ1) is 19.0. The fraction of sp³-hybridized carbons (Fsp3) is 0.529. The van der Waals surface area contributed by atoms with Gasteiger partial charge in [-0.05, 0) is 44.9 Å². The summed E-state index contributed by atoms with van der Waals surface area (Å²) in [6, 6.07) is 4.82. The lowest BCUT2D eigenvalue weighted by atomic mass is 9.94. The SMILES string of the molecule is CC(C)(CN)NC(=O)C1CCCN(C(=O)c2ccc(Cl)c(Cl)c2)C1. The van der Waals surface area contributed by atoms with E-state index in [0.717, 1.165) is 12.8 Å². The second-order valence-electron chi connectivity index (χ2n) is 6.80. The van der Waals surface area contributed by atoms with Gasteiger partial charge in [0.1, 0.15) is 0 Å². The molecule has 5 nitrogen and oxygen atoms in total. The molecule has 3 N–H and O–H groups in total. The lowest BCUT2D eigenvalue weighted by molar-refractivity contribution is -0.127. The monoisotopic (exact) mass is 371 g/mol. The second-order valence-corrected chi connectivity index (χ2v) is 7.61. The first-order valence-electron chi connectivity index (χ1n) is 8.00. The van der Waals surface area contributed by atoms with Crippen LogP contribution < -0.4 is 11.1 Å². The molecule has 7 heteroatoms. The van der Waals surface area contributed by atoms with Crippen molar-refractivity contribution >= 4 is 35.0 Å². The first-order valence-corrected chi connectivity index (χ1v) is 8.75. The third kappa shape index (κ3) is 4.62. The summed E-state index contributed by atoms with van der Waals surface area (Å²) in [5.41, 5.74) is 5.69. The van der Waals surface area contributed by atoms with E-state index in [9.17, 15) is 9.59 Å². The predicted molar refractivity (Wildman–Crippen MR) is 96.4 cm³/mol. The fourth-order valence-electron chi connectivity index (χ4n) is 2.67. The molecule has 0 radical (unpaired) electrons. The highest BCUT2D eigenvalue weighted by molar-refractivity contribution is 6.42. The molecule has 1 aliphatic heterocycles. The van der Waals surface area contributed by atoms with Crippen LogP contribution in [-0.4, -0.2) is 41.9 Å². The Morgan fingerprint density at radius 3 is 2.67 bits per heavy atom. The number of hydrogen-bond acceptors (Lipinski definition) is 3. The van der Waals surface area contributed by atoms with Gasteiger partial charge >= 0.3 is 0 Å². The maximum atomic E-state index is 12.6. The lowest BCUT2D eigenvalue weighted by Gasteiger charge is -2.34. The van der Waals surface area contributed by atoms with Crippen molar-refractivity contribution in [2.24, 2.45) is 11.7 Å². The largest absolute Gasteiger partial charge is 0.350 e. The highest BCUT2D eigenvalue weighted by atomic mass is 35.5. The van der Waals surface area contributed by atoms with Crippen LogP contribution >= 0.6 is 23.2 Å². The van der Waals surface area contributed by atoms with Crippen LogP contribution in [0.3, 0.4) is 0 Å².